The molecule has 0 radical (unpaired) electrons. The molecule has 0 aromatic rings. The summed E-state index contributed by atoms with van der Waals surface area (Å²) in [5, 5.41) is 0. The Morgan fingerprint density at radius 2 is 1.53 bits per heavy atom. The Labute approximate surface area is 104 Å². The first-order chi connectivity index (χ1) is 8.27. The zero-order valence-electron chi connectivity index (χ0n) is 10.7. The van der Waals surface area contributed by atoms with E-state index in [1.54, 1.807) is 0 Å². The Balaban J connectivity index is 2.98. The molecule has 5 nitrogen and oxygen atoms in total. The van der Waals surface area contributed by atoms with Gasteiger partial charge >= 0.3 is 0 Å². The van der Waals surface area contributed by atoms with Crippen molar-refractivity contribution in [2.24, 2.45) is 16.6 Å². The number of unbranched alkanes of at least 4 members (excludes halogenated alkanes) is 7. The lowest BCUT2D eigenvalue weighted by Gasteiger charge is -2.00. The van der Waals surface area contributed by atoms with E-state index in [1.165, 1.54) is 38.4 Å². The minimum Gasteiger partial charge on any atom is -0.370 e. The molecule has 100 valence electrons. The van der Waals surface area contributed by atoms with E-state index in [0.717, 1.165) is 25.8 Å². The van der Waals surface area contributed by atoms with E-state index in [1.807, 2.05) is 0 Å². The molecule has 0 aliphatic heterocycles. The highest BCUT2D eigenvalue weighted by atomic mass is 16.1. The van der Waals surface area contributed by atoms with Crippen LogP contribution in [0.15, 0.2) is 4.99 Å². The molecule has 5 N–H and O–H groups in total. The molecule has 0 saturated heterocycles. The first kappa shape index (κ1) is 15.9. The van der Waals surface area contributed by atoms with Crippen LogP contribution in [0.2, 0.25) is 0 Å². The molecule has 0 atom stereocenters. The third kappa shape index (κ3) is 14.9. The SMILES string of the molecule is NNC=NCCCCCCCCCCC(N)=O. The van der Waals surface area contributed by atoms with Gasteiger partial charge in [0.1, 0.15) is 0 Å². The van der Waals surface area contributed by atoms with Gasteiger partial charge in [-0.1, -0.05) is 38.5 Å². The summed E-state index contributed by atoms with van der Waals surface area (Å²) in [6, 6.07) is 0. The Hall–Kier alpha value is -1.10. The normalized spacial score (nSPS) is 10.9. The van der Waals surface area contributed by atoms with Crippen LogP contribution in [0.5, 0.6) is 0 Å². The lowest BCUT2D eigenvalue weighted by atomic mass is 10.1. The van der Waals surface area contributed by atoms with Gasteiger partial charge in [-0.3, -0.25) is 9.79 Å². The maximum atomic E-state index is 10.5. The van der Waals surface area contributed by atoms with Crippen LogP contribution in [0.3, 0.4) is 0 Å². The van der Waals surface area contributed by atoms with Crippen LogP contribution in [0.25, 0.3) is 0 Å². The lowest BCUT2D eigenvalue weighted by molar-refractivity contribution is -0.118. The number of amides is 1. The first-order valence-corrected chi connectivity index (χ1v) is 6.50. The highest BCUT2D eigenvalue weighted by Crippen LogP contribution is 2.09. The third-order valence-electron chi connectivity index (χ3n) is 2.63. The largest absolute Gasteiger partial charge is 0.370 e. The smallest absolute Gasteiger partial charge is 0.217 e. The second-order valence-electron chi connectivity index (χ2n) is 4.25. The molecule has 17 heavy (non-hydrogen) atoms. The standard InChI is InChI=1S/C12H26N4O/c13-12(17)9-7-5-3-1-2-4-6-8-10-15-11-16-14/h11H,1-10,14H2,(H2,13,17)(H,15,16). The van der Waals surface area contributed by atoms with Crippen LogP contribution in [-0.4, -0.2) is 18.8 Å². The van der Waals surface area contributed by atoms with E-state index in [-0.39, 0.29) is 5.91 Å². The van der Waals surface area contributed by atoms with Crippen molar-refractivity contribution >= 4 is 12.2 Å². The highest BCUT2D eigenvalue weighted by Gasteiger charge is 1.95. The summed E-state index contributed by atoms with van der Waals surface area (Å²) in [4.78, 5) is 14.5. The summed E-state index contributed by atoms with van der Waals surface area (Å²) in [5.74, 6) is 4.86. The summed E-state index contributed by atoms with van der Waals surface area (Å²) in [6.45, 7) is 0.850. The molecule has 0 aliphatic rings. The summed E-state index contributed by atoms with van der Waals surface area (Å²) < 4.78 is 0. The van der Waals surface area contributed by atoms with Crippen LogP contribution in [0, 0.1) is 0 Å². The van der Waals surface area contributed by atoms with Crippen molar-refractivity contribution in [1.82, 2.24) is 5.43 Å². The van der Waals surface area contributed by atoms with Gasteiger partial charge in [0, 0.05) is 13.0 Å². The second-order valence-corrected chi connectivity index (χ2v) is 4.25. The minimum absolute atomic E-state index is 0.183. The molecule has 0 spiro atoms. The average molecular weight is 242 g/mol. The van der Waals surface area contributed by atoms with E-state index in [9.17, 15) is 4.79 Å². The molecule has 0 aromatic heterocycles. The highest BCUT2D eigenvalue weighted by molar-refractivity contribution is 5.73. The zero-order chi connectivity index (χ0) is 12.8. The number of aliphatic imine (C=N–C) groups is 1. The number of nitrogens with zero attached hydrogens (tertiary/aromatic N) is 1. The summed E-state index contributed by atoms with van der Waals surface area (Å²) in [7, 11) is 0. The van der Waals surface area contributed by atoms with Crippen LogP contribution < -0.4 is 17.0 Å². The molecule has 0 saturated carbocycles. The first-order valence-electron chi connectivity index (χ1n) is 6.50. The van der Waals surface area contributed by atoms with Crippen molar-refractivity contribution in [3.63, 3.8) is 0 Å². The predicted octanol–water partition coefficient (Wildman–Crippen LogP) is 1.47. The molecule has 0 unspecified atom stereocenters. The molecule has 0 aromatic carbocycles. The second kappa shape index (κ2) is 13.0. The predicted molar refractivity (Wildman–Crippen MR) is 71.4 cm³/mol. The molecular weight excluding hydrogens is 216 g/mol. The third-order valence-corrected chi connectivity index (χ3v) is 2.63. The van der Waals surface area contributed by atoms with Crippen molar-refractivity contribution in [3.8, 4) is 0 Å². The fourth-order valence-electron chi connectivity index (χ4n) is 1.68. The Kier molecular flexibility index (Phi) is 12.1. The number of nitrogens with one attached hydrogen (secondary N) is 1. The maximum Gasteiger partial charge on any atom is 0.217 e. The van der Waals surface area contributed by atoms with Crippen molar-refractivity contribution in [1.29, 1.82) is 0 Å². The van der Waals surface area contributed by atoms with Gasteiger partial charge < -0.3 is 11.2 Å². The Morgan fingerprint density at radius 3 is 2.06 bits per heavy atom. The minimum atomic E-state index is -0.183. The van der Waals surface area contributed by atoms with Gasteiger partial charge in [0.25, 0.3) is 0 Å². The van der Waals surface area contributed by atoms with Gasteiger partial charge in [0.2, 0.25) is 5.91 Å². The Bertz CT molecular complexity index is 207. The summed E-state index contributed by atoms with van der Waals surface area (Å²) >= 11 is 0. The fourth-order valence-corrected chi connectivity index (χ4v) is 1.68. The number of carbonyl (C=O) groups is 1. The molecule has 0 heterocycles. The van der Waals surface area contributed by atoms with Crippen molar-refractivity contribution < 1.29 is 4.79 Å². The van der Waals surface area contributed by atoms with Gasteiger partial charge in [-0.05, 0) is 12.8 Å². The number of rotatable bonds is 12. The quantitative estimate of drug-likeness (QED) is 0.159. The summed E-state index contributed by atoms with van der Waals surface area (Å²) in [5.41, 5.74) is 7.44. The summed E-state index contributed by atoms with van der Waals surface area (Å²) in [6.07, 6.45) is 11.5. The topological polar surface area (TPSA) is 93.5 Å². The van der Waals surface area contributed by atoms with Crippen molar-refractivity contribution in [2.75, 3.05) is 6.54 Å². The van der Waals surface area contributed by atoms with E-state index >= 15 is 0 Å². The van der Waals surface area contributed by atoms with Gasteiger partial charge in [0.05, 0.1) is 6.34 Å². The van der Waals surface area contributed by atoms with E-state index in [0.29, 0.717) is 6.42 Å². The molecule has 0 fully saturated rings. The lowest BCUT2D eigenvalue weighted by Crippen LogP contribution is -2.19. The fraction of sp³-hybridized carbons (Fsp3) is 0.833. The van der Waals surface area contributed by atoms with Crippen LogP contribution in [0.4, 0.5) is 0 Å². The van der Waals surface area contributed by atoms with Gasteiger partial charge in [-0.2, -0.15) is 0 Å². The molecule has 0 aliphatic carbocycles. The van der Waals surface area contributed by atoms with Crippen LogP contribution >= 0.6 is 0 Å². The number of nitrogens with two attached hydrogens (primary N) is 2. The number of hydrogen-bond acceptors (Lipinski definition) is 3. The molecule has 1 amide bonds. The van der Waals surface area contributed by atoms with Crippen LogP contribution in [0.1, 0.15) is 57.8 Å². The Morgan fingerprint density at radius 1 is 1.00 bits per heavy atom. The number of hydrazine groups is 1. The molecule has 5 heteroatoms. The number of carbonyl (C=O) groups excluding carboxylic acids is 1. The average Bonchev–Trinajstić information content (AvgIpc) is 2.30. The molecular formula is C12H26N4O. The van der Waals surface area contributed by atoms with Crippen LogP contribution in [-0.2, 0) is 4.79 Å². The van der Waals surface area contributed by atoms with E-state index in [2.05, 4.69) is 10.4 Å². The van der Waals surface area contributed by atoms with Gasteiger partial charge in [-0.25, -0.2) is 5.84 Å². The maximum absolute atomic E-state index is 10.5. The zero-order valence-corrected chi connectivity index (χ0v) is 10.7. The van der Waals surface area contributed by atoms with E-state index < -0.39 is 0 Å². The van der Waals surface area contributed by atoms with Gasteiger partial charge in [-0.15, -0.1) is 0 Å². The van der Waals surface area contributed by atoms with Gasteiger partial charge in [0.15, 0.2) is 0 Å². The van der Waals surface area contributed by atoms with E-state index in [4.69, 9.17) is 11.6 Å². The van der Waals surface area contributed by atoms with Crippen molar-refractivity contribution in [3.05, 3.63) is 0 Å². The van der Waals surface area contributed by atoms with Crippen molar-refractivity contribution in [2.45, 2.75) is 57.8 Å². The monoisotopic (exact) mass is 242 g/mol. The number of hydrogen-bond donors (Lipinski definition) is 3. The molecule has 0 bridgehead atoms. The number of primary amides is 1. The molecule has 0 rings (SSSR count).